The van der Waals surface area contributed by atoms with Crippen LogP contribution in [0.5, 0.6) is 0 Å². The van der Waals surface area contributed by atoms with Crippen LogP contribution in [0.4, 0.5) is 0 Å². The highest BCUT2D eigenvalue weighted by atomic mass is 79.9. The van der Waals surface area contributed by atoms with Crippen LogP contribution in [0.1, 0.15) is 52.0 Å². The summed E-state index contributed by atoms with van der Waals surface area (Å²) >= 11 is 3.38. The third-order valence-corrected chi connectivity index (χ3v) is 5.61. The number of ketones is 1. The summed E-state index contributed by atoms with van der Waals surface area (Å²) in [5, 5.41) is 3.21. The minimum absolute atomic E-state index is 0.118. The van der Waals surface area contributed by atoms with Gasteiger partial charge in [-0.1, -0.05) is 34.1 Å². The molecule has 0 aromatic heterocycles. The van der Waals surface area contributed by atoms with Crippen molar-refractivity contribution < 1.29 is 9.59 Å². The summed E-state index contributed by atoms with van der Waals surface area (Å²) in [5.41, 5.74) is 1.53. The molecule has 0 saturated heterocycles. The zero-order valence-corrected chi connectivity index (χ0v) is 15.5. The van der Waals surface area contributed by atoms with E-state index in [-0.39, 0.29) is 17.7 Å². The quantitative estimate of drug-likeness (QED) is 0.723. The van der Waals surface area contributed by atoms with Crippen molar-refractivity contribution in [1.82, 2.24) is 5.32 Å². The second kappa shape index (κ2) is 6.75. The molecule has 0 heterocycles. The average Bonchev–Trinajstić information content (AvgIpc) is 3.53. The lowest BCUT2D eigenvalue weighted by atomic mass is 9.97. The highest BCUT2D eigenvalue weighted by Crippen LogP contribution is 2.44. The van der Waals surface area contributed by atoms with E-state index in [2.05, 4.69) is 21.2 Å². The molecule has 0 atom stereocenters. The van der Waals surface area contributed by atoms with E-state index in [1.165, 1.54) is 25.7 Å². The van der Waals surface area contributed by atoms with Gasteiger partial charge in [0.1, 0.15) is 0 Å². The molecule has 1 amide bonds. The van der Waals surface area contributed by atoms with Crippen molar-refractivity contribution in [1.29, 1.82) is 0 Å². The molecule has 2 aliphatic rings. The first-order valence-electron chi connectivity index (χ1n) is 8.83. The van der Waals surface area contributed by atoms with Crippen LogP contribution in [0, 0.1) is 11.8 Å². The number of halogens is 1. The maximum atomic E-state index is 12.9. The molecule has 2 aromatic rings. The SMILES string of the molecule is O=C(NC(C1CC1)C1CC1)c1ccccc1C(=O)c1ccc(Br)cc1. The molecule has 25 heavy (non-hydrogen) atoms. The highest BCUT2D eigenvalue weighted by molar-refractivity contribution is 9.10. The Kier molecular flexibility index (Phi) is 4.46. The van der Waals surface area contributed by atoms with Gasteiger partial charge in [0, 0.05) is 21.6 Å². The number of benzene rings is 2. The summed E-state index contributed by atoms with van der Waals surface area (Å²) in [6, 6.07) is 14.6. The molecule has 0 aliphatic heterocycles. The Morgan fingerprint density at radius 3 is 2.00 bits per heavy atom. The molecule has 2 aromatic carbocycles. The van der Waals surface area contributed by atoms with E-state index in [1.54, 1.807) is 24.3 Å². The molecule has 0 unspecified atom stereocenters. The lowest BCUT2D eigenvalue weighted by molar-refractivity contribution is 0.0917. The third-order valence-electron chi connectivity index (χ3n) is 5.08. The summed E-state index contributed by atoms with van der Waals surface area (Å²) in [4.78, 5) is 25.7. The number of amides is 1. The standard InChI is InChI=1S/C21H20BrNO2/c22-16-11-9-15(10-12-16)20(24)17-3-1-2-4-18(17)21(25)23-19(13-5-6-13)14-7-8-14/h1-4,9-14,19H,5-8H2,(H,23,25). The van der Waals surface area contributed by atoms with E-state index in [0.717, 1.165) is 4.47 Å². The van der Waals surface area contributed by atoms with Crippen LogP contribution in [0.15, 0.2) is 53.0 Å². The van der Waals surface area contributed by atoms with Gasteiger partial charge in [0.15, 0.2) is 5.78 Å². The summed E-state index contributed by atoms with van der Waals surface area (Å²) < 4.78 is 0.923. The minimum Gasteiger partial charge on any atom is -0.349 e. The van der Waals surface area contributed by atoms with Gasteiger partial charge in [-0.3, -0.25) is 9.59 Å². The van der Waals surface area contributed by atoms with Gasteiger partial charge in [-0.05, 0) is 67.9 Å². The molecule has 2 saturated carbocycles. The van der Waals surface area contributed by atoms with Crippen LogP contribution in [0.2, 0.25) is 0 Å². The maximum absolute atomic E-state index is 12.9. The summed E-state index contributed by atoms with van der Waals surface area (Å²) in [5.74, 6) is 1.02. The molecule has 2 aliphatic carbocycles. The molecule has 0 bridgehead atoms. The Hall–Kier alpha value is -1.94. The Balaban J connectivity index is 1.58. The van der Waals surface area contributed by atoms with E-state index in [4.69, 9.17) is 0 Å². The van der Waals surface area contributed by atoms with Crippen molar-refractivity contribution in [2.45, 2.75) is 31.7 Å². The molecule has 0 radical (unpaired) electrons. The monoisotopic (exact) mass is 397 g/mol. The number of rotatable bonds is 6. The molecular formula is C21H20BrNO2. The zero-order valence-electron chi connectivity index (χ0n) is 13.9. The first-order chi connectivity index (χ1) is 12.1. The van der Waals surface area contributed by atoms with E-state index >= 15 is 0 Å². The van der Waals surface area contributed by atoms with Crippen molar-refractivity contribution in [3.8, 4) is 0 Å². The van der Waals surface area contributed by atoms with Crippen LogP contribution in [0.25, 0.3) is 0 Å². The van der Waals surface area contributed by atoms with E-state index in [1.807, 2.05) is 24.3 Å². The number of carbonyl (C=O) groups excluding carboxylic acids is 2. The van der Waals surface area contributed by atoms with E-state index < -0.39 is 0 Å². The Bertz CT molecular complexity index is 795. The Morgan fingerprint density at radius 1 is 0.880 bits per heavy atom. The number of carbonyl (C=O) groups is 2. The smallest absolute Gasteiger partial charge is 0.252 e. The van der Waals surface area contributed by atoms with Gasteiger partial charge in [0.2, 0.25) is 0 Å². The second-order valence-corrected chi connectivity index (χ2v) is 7.97. The van der Waals surface area contributed by atoms with Crippen LogP contribution in [-0.4, -0.2) is 17.7 Å². The number of hydrogen-bond acceptors (Lipinski definition) is 2. The molecular weight excluding hydrogens is 378 g/mol. The Labute approximate surface area is 156 Å². The first kappa shape index (κ1) is 16.5. The molecule has 3 nitrogen and oxygen atoms in total. The lowest BCUT2D eigenvalue weighted by Crippen LogP contribution is -2.38. The van der Waals surface area contributed by atoms with Crippen molar-refractivity contribution in [3.05, 3.63) is 69.7 Å². The predicted molar refractivity (Wildman–Crippen MR) is 101 cm³/mol. The van der Waals surface area contributed by atoms with Crippen LogP contribution in [-0.2, 0) is 0 Å². The second-order valence-electron chi connectivity index (χ2n) is 7.06. The van der Waals surface area contributed by atoms with E-state index in [9.17, 15) is 9.59 Å². The largest absolute Gasteiger partial charge is 0.349 e. The third kappa shape index (κ3) is 3.69. The summed E-state index contributed by atoms with van der Waals surface area (Å²) in [6.45, 7) is 0. The predicted octanol–water partition coefficient (Wildman–Crippen LogP) is 4.60. The number of nitrogens with one attached hydrogen (secondary N) is 1. The van der Waals surface area contributed by atoms with Crippen LogP contribution < -0.4 is 5.32 Å². The fourth-order valence-corrected chi connectivity index (χ4v) is 3.66. The Morgan fingerprint density at radius 2 is 1.44 bits per heavy atom. The van der Waals surface area contributed by atoms with Crippen molar-refractivity contribution in [2.24, 2.45) is 11.8 Å². The van der Waals surface area contributed by atoms with Gasteiger partial charge >= 0.3 is 0 Å². The maximum Gasteiger partial charge on any atom is 0.252 e. The van der Waals surface area contributed by atoms with Crippen molar-refractivity contribution in [3.63, 3.8) is 0 Å². The zero-order chi connectivity index (χ0) is 17.4. The first-order valence-corrected chi connectivity index (χ1v) is 9.63. The van der Waals surface area contributed by atoms with Crippen molar-refractivity contribution >= 4 is 27.6 Å². The summed E-state index contributed by atoms with van der Waals surface area (Å²) in [7, 11) is 0. The van der Waals surface area contributed by atoms with Gasteiger partial charge < -0.3 is 5.32 Å². The van der Waals surface area contributed by atoms with E-state index in [0.29, 0.717) is 28.5 Å². The average molecular weight is 398 g/mol. The van der Waals surface area contributed by atoms with Gasteiger partial charge in [0.05, 0.1) is 5.56 Å². The molecule has 4 heteroatoms. The van der Waals surface area contributed by atoms with Gasteiger partial charge in [-0.2, -0.15) is 0 Å². The van der Waals surface area contributed by atoms with Gasteiger partial charge in [-0.25, -0.2) is 0 Å². The molecule has 128 valence electrons. The lowest BCUT2D eigenvalue weighted by Gasteiger charge is -2.18. The van der Waals surface area contributed by atoms with Crippen LogP contribution in [0.3, 0.4) is 0 Å². The van der Waals surface area contributed by atoms with Crippen molar-refractivity contribution in [2.75, 3.05) is 0 Å². The fourth-order valence-electron chi connectivity index (χ4n) is 3.40. The fraction of sp³-hybridized carbons (Fsp3) is 0.333. The van der Waals surface area contributed by atoms with Crippen LogP contribution >= 0.6 is 15.9 Å². The minimum atomic E-state index is -0.120. The normalized spacial score (nSPS) is 16.7. The molecule has 2 fully saturated rings. The summed E-state index contributed by atoms with van der Waals surface area (Å²) in [6.07, 6.45) is 4.84. The molecule has 0 spiro atoms. The topological polar surface area (TPSA) is 46.2 Å². The van der Waals surface area contributed by atoms with Gasteiger partial charge in [0.25, 0.3) is 5.91 Å². The molecule has 4 rings (SSSR count). The number of hydrogen-bond donors (Lipinski definition) is 1. The highest BCUT2D eigenvalue weighted by Gasteiger charge is 2.42. The van der Waals surface area contributed by atoms with Gasteiger partial charge in [-0.15, -0.1) is 0 Å². The molecule has 1 N–H and O–H groups in total.